The lowest BCUT2D eigenvalue weighted by Crippen LogP contribution is -2.36. The highest BCUT2D eigenvalue weighted by molar-refractivity contribution is 6.20. The summed E-state index contributed by atoms with van der Waals surface area (Å²) in [4.78, 5) is 19.5. The number of hydrogen-bond donors (Lipinski definition) is 0. The standard InChI is InChI=1S/C16H22ClN3O/c1-5-13(17)15-18-14-9-7-6-8-12(14)16(21)20(15)10-11(2)19(3)4/h6-9,11,13H,5,10H2,1-4H3. The van der Waals surface area contributed by atoms with E-state index in [1.165, 1.54) is 0 Å². The maximum atomic E-state index is 12.8. The summed E-state index contributed by atoms with van der Waals surface area (Å²) < 4.78 is 1.73. The fourth-order valence-electron chi connectivity index (χ4n) is 2.21. The molecular weight excluding hydrogens is 286 g/mol. The maximum absolute atomic E-state index is 12.8. The molecule has 4 nitrogen and oxygen atoms in total. The van der Waals surface area contributed by atoms with Crippen molar-refractivity contribution in [1.82, 2.24) is 14.5 Å². The molecule has 0 aliphatic heterocycles. The van der Waals surface area contributed by atoms with E-state index >= 15 is 0 Å². The molecular formula is C16H22ClN3O. The molecule has 2 atom stereocenters. The van der Waals surface area contributed by atoms with Gasteiger partial charge in [-0.25, -0.2) is 4.98 Å². The van der Waals surface area contributed by atoms with E-state index in [0.29, 0.717) is 23.3 Å². The van der Waals surface area contributed by atoms with Crippen LogP contribution in [0.25, 0.3) is 10.9 Å². The van der Waals surface area contributed by atoms with Crippen LogP contribution >= 0.6 is 11.6 Å². The number of alkyl halides is 1. The van der Waals surface area contributed by atoms with E-state index < -0.39 is 0 Å². The molecule has 2 rings (SSSR count). The van der Waals surface area contributed by atoms with Gasteiger partial charge in [-0.3, -0.25) is 9.36 Å². The molecule has 1 aromatic heterocycles. The number of benzene rings is 1. The van der Waals surface area contributed by atoms with Gasteiger partial charge in [-0.2, -0.15) is 0 Å². The molecule has 5 heteroatoms. The minimum atomic E-state index is -0.253. The number of para-hydroxylation sites is 1. The lowest BCUT2D eigenvalue weighted by Gasteiger charge is -2.23. The predicted octanol–water partition coefficient (Wildman–Crippen LogP) is 3.04. The first-order valence-electron chi connectivity index (χ1n) is 7.25. The van der Waals surface area contributed by atoms with Gasteiger partial charge in [-0.15, -0.1) is 11.6 Å². The Hall–Kier alpha value is -1.39. The summed E-state index contributed by atoms with van der Waals surface area (Å²) in [6.45, 7) is 4.67. The van der Waals surface area contributed by atoms with Gasteiger partial charge < -0.3 is 4.90 Å². The molecule has 0 aliphatic carbocycles. The first-order valence-corrected chi connectivity index (χ1v) is 7.69. The Morgan fingerprint density at radius 2 is 2.00 bits per heavy atom. The second-order valence-corrected chi connectivity index (χ2v) is 6.12. The molecule has 0 amide bonds. The minimum absolute atomic E-state index is 0.0107. The Labute approximate surface area is 130 Å². The van der Waals surface area contributed by atoms with Crippen molar-refractivity contribution in [2.24, 2.45) is 0 Å². The van der Waals surface area contributed by atoms with Crippen molar-refractivity contribution in [2.75, 3.05) is 14.1 Å². The largest absolute Gasteiger partial charge is 0.305 e. The molecule has 1 heterocycles. The molecule has 0 aliphatic rings. The molecule has 21 heavy (non-hydrogen) atoms. The van der Waals surface area contributed by atoms with Crippen molar-refractivity contribution in [3.8, 4) is 0 Å². The molecule has 0 fully saturated rings. The molecule has 2 aromatic rings. The van der Waals surface area contributed by atoms with Crippen molar-refractivity contribution in [3.05, 3.63) is 40.4 Å². The van der Waals surface area contributed by atoms with E-state index in [-0.39, 0.29) is 17.0 Å². The highest BCUT2D eigenvalue weighted by Crippen LogP contribution is 2.23. The average molecular weight is 308 g/mol. The molecule has 0 saturated carbocycles. The van der Waals surface area contributed by atoms with Crippen LogP contribution in [0.5, 0.6) is 0 Å². The van der Waals surface area contributed by atoms with Crippen molar-refractivity contribution in [3.63, 3.8) is 0 Å². The van der Waals surface area contributed by atoms with E-state index in [1.54, 1.807) is 4.57 Å². The lowest BCUT2D eigenvalue weighted by atomic mass is 10.2. The zero-order chi connectivity index (χ0) is 15.6. The number of likely N-dealkylation sites (N-methyl/N-ethyl adjacent to an activating group) is 1. The Balaban J connectivity index is 2.64. The maximum Gasteiger partial charge on any atom is 0.261 e. The molecule has 0 saturated heterocycles. The third kappa shape index (κ3) is 3.27. The van der Waals surface area contributed by atoms with Crippen LogP contribution in [0.3, 0.4) is 0 Å². The fourth-order valence-corrected chi connectivity index (χ4v) is 2.38. The third-order valence-corrected chi connectivity index (χ3v) is 4.36. The summed E-state index contributed by atoms with van der Waals surface area (Å²) in [7, 11) is 4.00. The summed E-state index contributed by atoms with van der Waals surface area (Å²) in [5.41, 5.74) is 0.703. The van der Waals surface area contributed by atoms with Crippen LogP contribution in [0.2, 0.25) is 0 Å². The Bertz CT molecular complexity index is 681. The first kappa shape index (κ1) is 16.0. The normalized spacial score (nSPS) is 14.6. The molecule has 1 aromatic carbocycles. The first-order chi connectivity index (χ1) is 9.95. The van der Waals surface area contributed by atoms with Gasteiger partial charge in [0.05, 0.1) is 16.3 Å². The monoisotopic (exact) mass is 307 g/mol. The van der Waals surface area contributed by atoms with Crippen LogP contribution in [0.1, 0.15) is 31.5 Å². The lowest BCUT2D eigenvalue weighted by molar-refractivity contribution is 0.278. The van der Waals surface area contributed by atoms with Gasteiger partial charge >= 0.3 is 0 Å². The van der Waals surface area contributed by atoms with Gasteiger partial charge in [0.25, 0.3) is 5.56 Å². The topological polar surface area (TPSA) is 38.1 Å². The van der Waals surface area contributed by atoms with Crippen LogP contribution in [0.15, 0.2) is 29.1 Å². The van der Waals surface area contributed by atoms with Crippen molar-refractivity contribution < 1.29 is 0 Å². The van der Waals surface area contributed by atoms with Gasteiger partial charge in [0.15, 0.2) is 0 Å². The number of hydrogen-bond acceptors (Lipinski definition) is 3. The highest BCUT2D eigenvalue weighted by Gasteiger charge is 2.18. The van der Waals surface area contributed by atoms with Crippen LogP contribution in [-0.2, 0) is 6.54 Å². The van der Waals surface area contributed by atoms with Crippen LogP contribution < -0.4 is 5.56 Å². The van der Waals surface area contributed by atoms with E-state index in [4.69, 9.17) is 11.6 Å². The van der Waals surface area contributed by atoms with Gasteiger partial charge in [0.1, 0.15) is 5.82 Å². The average Bonchev–Trinajstić information content (AvgIpc) is 2.48. The van der Waals surface area contributed by atoms with Crippen LogP contribution in [0, 0.1) is 0 Å². The summed E-state index contributed by atoms with van der Waals surface area (Å²) in [6, 6.07) is 7.66. The highest BCUT2D eigenvalue weighted by atomic mass is 35.5. The molecule has 114 valence electrons. The number of rotatable bonds is 5. The molecule has 2 unspecified atom stereocenters. The van der Waals surface area contributed by atoms with Gasteiger partial charge in [-0.05, 0) is 39.6 Å². The van der Waals surface area contributed by atoms with Crippen LogP contribution in [0.4, 0.5) is 0 Å². The second-order valence-electron chi connectivity index (χ2n) is 5.59. The third-order valence-electron chi connectivity index (χ3n) is 3.86. The predicted molar refractivity (Wildman–Crippen MR) is 88.0 cm³/mol. The number of aromatic nitrogens is 2. The van der Waals surface area contributed by atoms with Gasteiger partial charge in [0.2, 0.25) is 0 Å². The van der Waals surface area contributed by atoms with Crippen molar-refractivity contribution >= 4 is 22.5 Å². The van der Waals surface area contributed by atoms with E-state index in [0.717, 1.165) is 6.42 Å². The van der Waals surface area contributed by atoms with Gasteiger partial charge in [-0.1, -0.05) is 19.1 Å². The SMILES string of the molecule is CCC(Cl)c1nc2ccccc2c(=O)n1CC(C)N(C)C. The Morgan fingerprint density at radius 3 is 2.62 bits per heavy atom. The number of nitrogens with zero attached hydrogens (tertiary/aromatic N) is 3. The summed E-state index contributed by atoms with van der Waals surface area (Å²) in [5.74, 6) is 0.663. The number of halogens is 1. The van der Waals surface area contributed by atoms with E-state index in [9.17, 15) is 4.79 Å². The number of fused-ring (bicyclic) bond motifs is 1. The quantitative estimate of drug-likeness (QED) is 0.797. The summed E-state index contributed by atoms with van der Waals surface area (Å²) in [6.07, 6.45) is 0.739. The summed E-state index contributed by atoms with van der Waals surface area (Å²) >= 11 is 6.40. The van der Waals surface area contributed by atoms with Crippen molar-refractivity contribution in [1.29, 1.82) is 0 Å². The second kappa shape index (κ2) is 6.58. The fraction of sp³-hybridized carbons (Fsp3) is 0.500. The minimum Gasteiger partial charge on any atom is -0.305 e. The molecule has 0 radical (unpaired) electrons. The zero-order valence-corrected chi connectivity index (χ0v) is 13.8. The Morgan fingerprint density at radius 1 is 1.33 bits per heavy atom. The van der Waals surface area contributed by atoms with E-state index in [2.05, 4.69) is 16.8 Å². The smallest absolute Gasteiger partial charge is 0.261 e. The summed E-state index contributed by atoms with van der Waals surface area (Å²) in [5, 5.41) is 0.392. The molecule has 0 N–H and O–H groups in total. The van der Waals surface area contributed by atoms with Gasteiger partial charge in [0, 0.05) is 12.6 Å². The molecule has 0 spiro atoms. The van der Waals surface area contributed by atoms with Crippen molar-refractivity contribution in [2.45, 2.75) is 38.2 Å². The van der Waals surface area contributed by atoms with Crippen LogP contribution in [-0.4, -0.2) is 34.6 Å². The zero-order valence-electron chi connectivity index (χ0n) is 13.0. The van der Waals surface area contributed by atoms with E-state index in [1.807, 2.05) is 45.3 Å². The Kier molecular flexibility index (Phi) is 5.01. The molecule has 0 bridgehead atoms.